The van der Waals surface area contributed by atoms with Crippen LogP contribution in [0.3, 0.4) is 0 Å². The zero-order valence-corrected chi connectivity index (χ0v) is 21.2. The number of nitrogens with zero attached hydrogens (tertiary/aromatic N) is 2. The summed E-state index contributed by atoms with van der Waals surface area (Å²) >= 11 is 1.25. The third kappa shape index (κ3) is 5.26. The average molecular weight is 583 g/mol. The lowest BCUT2D eigenvalue weighted by atomic mass is 10.1. The lowest BCUT2D eigenvalue weighted by Gasteiger charge is -2.11. The van der Waals surface area contributed by atoms with Gasteiger partial charge in [0.05, 0.1) is 30.6 Å². The van der Waals surface area contributed by atoms with Gasteiger partial charge in [-0.3, -0.25) is 0 Å². The minimum atomic E-state index is -4.48. The van der Waals surface area contributed by atoms with E-state index in [1.54, 1.807) is 17.5 Å². The van der Waals surface area contributed by atoms with Crippen LogP contribution in [0, 0.1) is 5.82 Å². The van der Waals surface area contributed by atoms with Crippen LogP contribution < -0.4 is 19.0 Å². The highest BCUT2D eigenvalue weighted by Crippen LogP contribution is 2.34. The van der Waals surface area contributed by atoms with Gasteiger partial charge in [-0.15, -0.1) is 28.3 Å². The second kappa shape index (κ2) is 10.4. The molecule has 4 aromatic rings. The summed E-state index contributed by atoms with van der Waals surface area (Å²) in [5, 5.41) is 1.79. The summed E-state index contributed by atoms with van der Waals surface area (Å²) in [5.41, 5.74) is 1.46. The van der Waals surface area contributed by atoms with E-state index in [2.05, 4.69) is 4.99 Å². The molecule has 0 unspecified atom stereocenters. The molecule has 0 bridgehead atoms. The van der Waals surface area contributed by atoms with Gasteiger partial charge in [-0.25, -0.2) is 9.38 Å². The van der Waals surface area contributed by atoms with Gasteiger partial charge in [-0.1, -0.05) is 12.1 Å². The monoisotopic (exact) mass is 582 g/mol. The second-order valence-electron chi connectivity index (χ2n) is 7.69. The second-order valence-corrected chi connectivity index (χ2v) is 8.52. The van der Waals surface area contributed by atoms with Crippen LogP contribution in [-0.2, 0) is 12.7 Å². The minimum Gasteiger partial charge on any atom is -0.494 e. The summed E-state index contributed by atoms with van der Waals surface area (Å²) in [6.07, 6.45) is -4.48. The molecule has 11 heteroatoms. The van der Waals surface area contributed by atoms with Gasteiger partial charge < -0.3 is 18.8 Å². The molecule has 0 N–H and O–H groups in total. The number of benzene rings is 3. The Kier molecular flexibility index (Phi) is 7.41. The molecule has 0 saturated carbocycles. The quantitative estimate of drug-likeness (QED) is 0.239. The predicted molar refractivity (Wildman–Crippen MR) is 133 cm³/mol. The van der Waals surface area contributed by atoms with Gasteiger partial charge in [0.25, 0.3) is 0 Å². The van der Waals surface area contributed by atoms with Gasteiger partial charge >= 0.3 is 6.18 Å². The molecule has 0 radical (unpaired) electrons. The van der Waals surface area contributed by atoms with Crippen molar-refractivity contribution in [2.24, 2.45) is 4.99 Å². The highest BCUT2D eigenvalue weighted by Gasteiger charge is 2.30. The maximum atomic E-state index is 14.5. The summed E-state index contributed by atoms with van der Waals surface area (Å²) in [6, 6.07) is 14.9. The molecule has 36 heavy (non-hydrogen) atoms. The van der Waals surface area contributed by atoms with Crippen LogP contribution in [0.5, 0.6) is 17.2 Å². The molecule has 0 fully saturated rings. The Labute approximate surface area is 218 Å². The lowest BCUT2D eigenvalue weighted by Crippen LogP contribution is -2.17. The highest BCUT2D eigenvalue weighted by molar-refractivity contribution is 8.93. The first kappa shape index (κ1) is 25.8. The van der Waals surface area contributed by atoms with E-state index in [0.717, 1.165) is 17.7 Å². The molecular formula is C25H19BrF4N2O3S. The Hall–Kier alpha value is -3.31. The topological polar surface area (TPSA) is 45.0 Å². The van der Waals surface area contributed by atoms with Crippen LogP contribution >= 0.6 is 28.3 Å². The number of halogens is 5. The largest absolute Gasteiger partial charge is 0.494 e. The zero-order chi connectivity index (χ0) is 24.6. The van der Waals surface area contributed by atoms with Crippen LogP contribution in [0.15, 0.2) is 71.0 Å². The molecule has 5 rings (SSSR count). The fraction of sp³-hybridized carbons (Fsp3) is 0.160. The Bertz CT molecular complexity index is 1470. The van der Waals surface area contributed by atoms with E-state index < -0.39 is 17.6 Å². The molecule has 188 valence electrons. The van der Waals surface area contributed by atoms with Gasteiger partial charge in [-0.05, 0) is 54.1 Å². The van der Waals surface area contributed by atoms with Crippen LogP contribution in [0.25, 0.3) is 11.3 Å². The van der Waals surface area contributed by atoms with Crippen molar-refractivity contribution in [1.29, 1.82) is 0 Å². The molecule has 1 aliphatic heterocycles. The van der Waals surface area contributed by atoms with E-state index in [4.69, 9.17) is 14.2 Å². The Morgan fingerprint density at radius 2 is 1.83 bits per heavy atom. The first-order valence-electron chi connectivity index (χ1n) is 10.4. The van der Waals surface area contributed by atoms with Crippen molar-refractivity contribution in [3.63, 3.8) is 0 Å². The molecule has 1 aliphatic rings. The van der Waals surface area contributed by atoms with Crippen LogP contribution in [-0.4, -0.2) is 18.5 Å². The first-order valence-corrected chi connectivity index (χ1v) is 11.3. The number of methoxy groups -OCH3 is 1. The van der Waals surface area contributed by atoms with E-state index in [-0.39, 0.29) is 35.2 Å². The lowest BCUT2D eigenvalue weighted by molar-refractivity contribution is -0.137. The fourth-order valence-electron chi connectivity index (χ4n) is 3.71. The number of hydrogen-bond donors (Lipinski definition) is 0. The van der Waals surface area contributed by atoms with Gasteiger partial charge in [0.2, 0.25) is 6.79 Å². The zero-order valence-electron chi connectivity index (χ0n) is 18.7. The van der Waals surface area contributed by atoms with E-state index in [1.165, 1.54) is 42.7 Å². The molecular weight excluding hydrogens is 564 g/mol. The number of alkyl halides is 3. The number of aromatic nitrogens is 1. The van der Waals surface area contributed by atoms with E-state index >= 15 is 0 Å². The van der Waals surface area contributed by atoms with Crippen molar-refractivity contribution < 1.29 is 31.8 Å². The summed E-state index contributed by atoms with van der Waals surface area (Å²) in [5.74, 6) is 0.824. The first-order chi connectivity index (χ1) is 16.8. The molecule has 2 heterocycles. The normalized spacial score (nSPS) is 13.0. The number of thiazole rings is 1. The molecule has 0 aliphatic carbocycles. The van der Waals surface area contributed by atoms with Crippen LogP contribution in [0.4, 0.5) is 23.2 Å². The molecule has 5 nitrogen and oxygen atoms in total. The molecule has 0 atom stereocenters. The van der Waals surface area contributed by atoms with Crippen molar-refractivity contribution >= 4 is 34.0 Å². The smallest absolute Gasteiger partial charge is 0.416 e. The number of ether oxygens (including phenoxy) is 3. The summed E-state index contributed by atoms with van der Waals surface area (Å²) in [7, 11) is 1.38. The standard InChI is InChI=1S/C25H18F4N2O3S.BrH/c1-32-21-8-6-16(10-19(21)26)20-13-35-24(30-18-4-2-3-17(11-18)25(27,28)29)31(20)12-15-5-7-22-23(9-15)34-14-33-22;/h2-11,13H,12,14H2,1H3;1H. The fourth-order valence-corrected chi connectivity index (χ4v) is 4.64. The van der Waals surface area contributed by atoms with E-state index in [1.807, 2.05) is 16.7 Å². The maximum absolute atomic E-state index is 14.5. The number of rotatable bonds is 5. The third-order valence-corrected chi connectivity index (χ3v) is 6.28. The van der Waals surface area contributed by atoms with Crippen molar-refractivity contribution in [2.75, 3.05) is 13.9 Å². The van der Waals surface area contributed by atoms with E-state index in [0.29, 0.717) is 34.1 Å². The molecule has 0 saturated heterocycles. The summed E-state index contributed by atoms with van der Waals surface area (Å²) in [4.78, 5) is 4.95. The van der Waals surface area contributed by atoms with Crippen LogP contribution in [0.1, 0.15) is 11.1 Å². The Morgan fingerprint density at radius 3 is 2.58 bits per heavy atom. The maximum Gasteiger partial charge on any atom is 0.416 e. The van der Waals surface area contributed by atoms with Crippen molar-refractivity contribution in [1.82, 2.24) is 4.57 Å². The Balaban J connectivity index is 0.00000304. The summed E-state index contributed by atoms with van der Waals surface area (Å²) in [6.45, 7) is 0.456. The average Bonchev–Trinajstić information content (AvgIpc) is 3.45. The van der Waals surface area contributed by atoms with E-state index in [9.17, 15) is 17.6 Å². The number of hydrogen-bond acceptors (Lipinski definition) is 5. The molecule has 0 amide bonds. The minimum absolute atomic E-state index is 0. The molecule has 0 spiro atoms. The Morgan fingerprint density at radius 1 is 1.03 bits per heavy atom. The van der Waals surface area contributed by atoms with Gasteiger partial charge in [0.15, 0.2) is 27.9 Å². The molecule has 1 aromatic heterocycles. The van der Waals surface area contributed by atoms with Gasteiger partial charge in [-0.2, -0.15) is 13.2 Å². The summed E-state index contributed by atoms with van der Waals surface area (Å²) < 4.78 is 71.7. The number of fused-ring (bicyclic) bond motifs is 1. The predicted octanol–water partition coefficient (Wildman–Crippen LogP) is 6.97. The van der Waals surface area contributed by atoms with Crippen molar-refractivity contribution in [3.05, 3.63) is 87.8 Å². The molecule has 3 aromatic carbocycles. The van der Waals surface area contributed by atoms with Gasteiger partial charge in [0, 0.05) is 10.9 Å². The van der Waals surface area contributed by atoms with Gasteiger partial charge in [0.1, 0.15) is 0 Å². The highest BCUT2D eigenvalue weighted by atomic mass is 79.9. The van der Waals surface area contributed by atoms with Crippen molar-refractivity contribution in [2.45, 2.75) is 12.7 Å². The third-order valence-electron chi connectivity index (χ3n) is 5.42. The SMILES string of the molecule is Br.COc1ccc(-c2csc(=Nc3cccc(C(F)(F)F)c3)n2Cc2ccc3c(c2)OCO3)cc1F. The van der Waals surface area contributed by atoms with Crippen LogP contribution in [0.2, 0.25) is 0 Å². The van der Waals surface area contributed by atoms with Crippen molar-refractivity contribution in [3.8, 4) is 28.5 Å².